The molecule has 116 valence electrons. The second kappa shape index (κ2) is 6.96. The molecule has 0 spiro atoms. The van der Waals surface area contributed by atoms with E-state index in [0.29, 0.717) is 12.5 Å². The van der Waals surface area contributed by atoms with Crippen LogP contribution in [0.1, 0.15) is 35.7 Å². The van der Waals surface area contributed by atoms with Gasteiger partial charge in [0.15, 0.2) is 0 Å². The van der Waals surface area contributed by atoms with Gasteiger partial charge in [0.25, 0.3) is 0 Å². The minimum Gasteiger partial charge on any atom is -0.478 e. The van der Waals surface area contributed by atoms with Gasteiger partial charge < -0.3 is 9.84 Å². The minimum absolute atomic E-state index is 0.0406. The molecule has 0 aliphatic carbocycles. The average molecular weight is 305 g/mol. The molecule has 5 nitrogen and oxygen atoms in total. The summed E-state index contributed by atoms with van der Waals surface area (Å²) in [4.78, 5) is 22.4. The third kappa shape index (κ3) is 4.66. The fourth-order valence-corrected chi connectivity index (χ4v) is 1.55. The highest BCUT2D eigenvalue weighted by atomic mass is 19.4. The molecule has 0 aliphatic rings. The molecule has 1 aromatic rings. The lowest BCUT2D eigenvalue weighted by molar-refractivity contribution is -0.136. The van der Waals surface area contributed by atoms with Crippen LogP contribution in [0.15, 0.2) is 18.2 Å². The van der Waals surface area contributed by atoms with Gasteiger partial charge in [0.2, 0.25) is 0 Å². The number of unbranched alkanes of at least 4 members (excludes halogenated alkanes) is 1. The largest absolute Gasteiger partial charge is 0.478 e. The molecule has 0 aliphatic heterocycles. The van der Waals surface area contributed by atoms with Crippen molar-refractivity contribution in [3.8, 4) is 0 Å². The van der Waals surface area contributed by atoms with Crippen LogP contribution < -0.4 is 5.32 Å². The predicted molar refractivity (Wildman–Crippen MR) is 68.3 cm³/mol. The van der Waals surface area contributed by atoms with Crippen LogP contribution in [0.2, 0.25) is 0 Å². The zero-order valence-corrected chi connectivity index (χ0v) is 11.2. The molecule has 2 N–H and O–H groups in total. The Hall–Kier alpha value is -2.25. The van der Waals surface area contributed by atoms with Gasteiger partial charge in [-0.25, -0.2) is 9.59 Å². The third-order valence-electron chi connectivity index (χ3n) is 2.56. The molecule has 0 radical (unpaired) electrons. The van der Waals surface area contributed by atoms with Gasteiger partial charge in [-0.2, -0.15) is 13.2 Å². The van der Waals surface area contributed by atoms with E-state index in [1.54, 1.807) is 0 Å². The lowest BCUT2D eigenvalue weighted by Crippen LogP contribution is -2.20. The summed E-state index contributed by atoms with van der Waals surface area (Å²) in [5, 5.41) is 10.8. The van der Waals surface area contributed by atoms with Crippen molar-refractivity contribution in [1.29, 1.82) is 0 Å². The number of carboxylic acids is 1. The number of carbonyl (C=O) groups is 2. The van der Waals surface area contributed by atoms with Gasteiger partial charge in [0, 0.05) is 0 Å². The standard InChI is InChI=1S/C13H14F3NO4/c1-2-3-7-21-12(20)17-10-8(11(18)19)5-4-6-9(10)13(14,15)16/h4-6H,2-3,7H2,1H3,(H,17,20)(H,18,19). The second-order valence-electron chi connectivity index (χ2n) is 4.15. The van der Waals surface area contributed by atoms with E-state index in [2.05, 4.69) is 4.74 Å². The molecular formula is C13H14F3NO4. The van der Waals surface area contributed by atoms with Gasteiger partial charge in [-0.15, -0.1) is 0 Å². The maximum absolute atomic E-state index is 12.9. The van der Waals surface area contributed by atoms with Crippen LogP contribution in [-0.4, -0.2) is 23.8 Å². The number of aromatic carboxylic acids is 1. The van der Waals surface area contributed by atoms with Crippen LogP contribution in [0.5, 0.6) is 0 Å². The van der Waals surface area contributed by atoms with Gasteiger partial charge >= 0.3 is 18.2 Å². The molecule has 1 aromatic carbocycles. The lowest BCUT2D eigenvalue weighted by atomic mass is 10.1. The summed E-state index contributed by atoms with van der Waals surface area (Å²) in [7, 11) is 0. The van der Waals surface area contributed by atoms with Crippen molar-refractivity contribution in [3.05, 3.63) is 29.3 Å². The zero-order valence-electron chi connectivity index (χ0n) is 11.2. The van der Waals surface area contributed by atoms with Crippen molar-refractivity contribution in [2.75, 3.05) is 11.9 Å². The number of rotatable bonds is 5. The van der Waals surface area contributed by atoms with Crippen LogP contribution in [0.4, 0.5) is 23.7 Å². The van der Waals surface area contributed by atoms with Gasteiger partial charge in [0.1, 0.15) is 0 Å². The highest BCUT2D eigenvalue weighted by Crippen LogP contribution is 2.36. The molecule has 0 unspecified atom stereocenters. The van der Waals surface area contributed by atoms with E-state index in [1.807, 2.05) is 12.2 Å². The first-order valence-electron chi connectivity index (χ1n) is 6.14. The molecular weight excluding hydrogens is 291 g/mol. The van der Waals surface area contributed by atoms with Crippen molar-refractivity contribution >= 4 is 17.7 Å². The molecule has 0 heterocycles. The number of carboxylic acid groups (broad SMARTS) is 1. The van der Waals surface area contributed by atoms with Crippen LogP contribution >= 0.6 is 0 Å². The number of hydrogen-bond donors (Lipinski definition) is 2. The number of alkyl halides is 3. The van der Waals surface area contributed by atoms with Crippen LogP contribution in [0.25, 0.3) is 0 Å². The highest BCUT2D eigenvalue weighted by Gasteiger charge is 2.36. The first kappa shape index (κ1) is 16.8. The first-order valence-corrected chi connectivity index (χ1v) is 6.14. The number of anilines is 1. The van der Waals surface area contributed by atoms with Crippen LogP contribution in [0.3, 0.4) is 0 Å². The fourth-order valence-electron chi connectivity index (χ4n) is 1.55. The maximum atomic E-state index is 12.9. The number of para-hydroxylation sites is 1. The van der Waals surface area contributed by atoms with E-state index < -0.39 is 35.1 Å². The Morgan fingerprint density at radius 2 is 2.00 bits per heavy atom. The Morgan fingerprint density at radius 1 is 1.33 bits per heavy atom. The van der Waals surface area contributed by atoms with E-state index in [9.17, 15) is 22.8 Å². The number of hydrogen-bond acceptors (Lipinski definition) is 3. The molecule has 0 saturated carbocycles. The molecule has 1 rings (SSSR count). The van der Waals surface area contributed by atoms with Crippen molar-refractivity contribution in [2.45, 2.75) is 25.9 Å². The van der Waals surface area contributed by atoms with E-state index in [0.717, 1.165) is 18.6 Å². The Balaban J connectivity index is 3.07. The Kier molecular flexibility index (Phi) is 5.57. The van der Waals surface area contributed by atoms with Crippen molar-refractivity contribution in [3.63, 3.8) is 0 Å². The summed E-state index contributed by atoms with van der Waals surface area (Å²) in [5.41, 5.74) is -2.72. The molecule has 0 saturated heterocycles. The summed E-state index contributed by atoms with van der Waals surface area (Å²) in [6.07, 6.45) is -4.62. The molecule has 0 bridgehead atoms. The van der Waals surface area contributed by atoms with Gasteiger partial charge in [-0.05, 0) is 18.6 Å². The second-order valence-corrected chi connectivity index (χ2v) is 4.15. The van der Waals surface area contributed by atoms with Gasteiger partial charge in [-0.3, -0.25) is 5.32 Å². The molecule has 0 fully saturated rings. The number of ether oxygens (including phenoxy) is 1. The minimum atomic E-state index is -4.79. The molecule has 21 heavy (non-hydrogen) atoms. The zero-order chi connectivity index (χ0) is 16.0. The number of nitrogens with one attached hydrogen (secondary N) is 1. The topological polar surface area (TPSA) is 75.6 Å². The van der Waals surface area contributed by atoms with Crippen molar-refractivity contribution in [1.82, 2.24) is 0 Å². The molecule has 0 atom stereocenters. The molecule has 8 heteroatoms. The highest BCUT2D eigenvalue weighted by molar-refractivity contribution is 5.99. The van der Waals surface area contributed by atoms with Gasteiger partial charge in [0.05, 0.1) is 23.4 Å². The van der Waals surface area contributed by atoms with Crippen LogP contribution in [0, 0.1) is 0 Å². The van der Waals surface area contributed by atoms with E-state index >= 15 is 0 Å². The summed E-state index contributed by atoms with van der Waals surface area (Å²) >= 11 is 0. The van der Waals surface area contributed by atoms with Crippen molar-refractivity contribution in [2.24, 2.45) is 0 Å². The van der Waals surface area contributed by atoms with Crippen LogP contribution in [-0.2, 0) is 10.9 Å². The number of benzene rings is 1. The number of halogens is 3. The number of carbonyl (C=O) groups excluding carboxylic acids is 1. The maximum Gasteiger partial charge on any atom is 0.418 e. The lowest BCUT2D eigenvalue weighted by Gasteiger charge is -2.15. The Morgan fingerprint density at radius 3 is 2.52 bits per heavy atom. The monoisotopic (exact) mass is 305 g/mol. The number of amides is 1. The van der Waals surface area contributed by atoms with Crippen molar-refractivity contribution < 1.29 is 32.6 Å². The van der Waals surface area contributed by atoms with E-state index in [-0.39, 0.29) is 6.61 Å². The quantitative estimate of drug-likeness (QED) is 0.812. The molecule has 1 amide bonds. The molecule has 0 aromatic heterocycles. The summed E-state index contributed by atoms with van der Waals surface area (Å²) in [6, 6.07) is 2.62. The van der Waals surface area contributed by atoms with E-state index in [4.69, 9.17) is 5.11 Å². The SMILES string of the molecule is CCCCOC(=O)Nc1c(C(=O)O)cccc1C(F)(F)F. The summed E-state index contributed by atoms with van der Waals surface area (Å²) in [6.45, 7) is 1.89. The average Bonchev–Trinajstić information content (AvgIpc) is 2.37. The fraction of sp³-hybridized carbons (Fsp3) is 0.385. The van der Waals surface area contributed by atoms with Gasteiger partial charge in [-0.1, -0.05) is 19.4 Å². The Labute approximate surface area is 118 Å². The normalized spacial score (nSPS) is 11.0. The predicted octanol–water partition coefficient (Wildman–Crippen LogP) is 3.75. The summed E-state index contributed by atoms with van der Waals surface area (Å²) < 4.78 is 43.3. The van der Waals surface area contributed by atoms with E-state index in [1.165, 1.54) is 0 Å². The summed E-state index contributed by atoms with van der Waals surface area (Å²) in [5.74, 6) is -1.58. The first-order chi connectivity index (χ1) is 9.77. The third-order valence-corrected chi connectivity index (χ3v) is 2.56. The smallest absolute Gasteiger partial charge is 0.418 e. The Bertz CT molecular complexity index is 529.